The minimum atomic E-state index is -0.487. The molecule has 1 saturated heterocycles. The zero-order valence-electron chi connectivity index (χ0n) is 11.8. The molecule has 0 spiro atoms. The van der Waals surface area contributed by atoms with Crippen LogP contribution in [0, 0.1) is 0 Å². The number of hydrazone groups is 1. The van der Waals surface area contributed by atoms with Gasteiger partial charge in [0.15, 0.2) is 5.17 Å². The number of rotatable bonds is 2. The number of aromatic nitrogens is 2. The summed E-state index contributed by atoms with van der Waals surface area (Å²) in [7, 11) is 0. The summed E-state index contributed by atoms with van der Waals surface area (Å²) in [6, 6.07) is 0. The summed E-state index contributed by atoms with van der Waals surface area (Å²) < 4.78 is 7.34. The van der Waals surface area contributed by atoms with Gasteiger partial charge in [-0.05, 0) is 13.8 Å². The molecule has 0 atom stereocenters. The Morgan fingerprint density at radius 2 is 2.10 bits per heavy atom. The molecule has 8 heteroatoms. The van der Waals surface area contributed by atoms with Crippen LogP contribution in [0.15, 0.2) is 17.5 Å². The molecule has 3 rings (SSSR count). The van der Waals surface area contributed by atoms with Crippen LogP contribution in [0.4, 0.5) is 0 Å². The molecule has 0 saturated carbocycles. The van der Waals surface area contributed by atoms with Gasteiger partial charge < -0.3 is 10.5 Å². The summed E-state index contributed by atoms with van der Waals surface area (Å²) in [6.07, 6.45) is 3.68. The Labute approximate surface area is 122 Å². The first kappa shape index (κ1) is 13.9. The molecule has 7 nitrogen and oxygen atoms in total. The quantitative estimate of drug-likeness (QED) is 0.854. The normalized spacial score (nSPS) is 21.4. The van der Waals surface area contributed by atoms with Gasteiger partial charge in [0.2, 0.25) is 0 Å². The first-order chi connectivity index (χ1) is 9.55. The average Bonchev–Trinajstić information content (AvgIpc) is 3.08. The second-order valence-electron chi connectivity index (χ2n) is 5.44. The number of morpholine rings is 1. The molecule has 20 heavy (non-hydrogen) atoms. The van der Waals surface area contributed by atoms with E-state index in [2.05, 4.69) is 15.1 Å². The molecule has 110 valence electrons. The van der Waals surface area contributed by atoms with Gasteiger partial charge in [-0.3, -0.25) is 4.57 Å². The highest BCUT2D eigenvalue weighted by molar-refractivity contribution is 8.14. The Bertz CT molecular complexity index is 502. The van der Waals surface area contributed by atoms with Crippen molar-refractivity contribution in [3.63, 3.8) is 0 Å². The average molecular weight is 296 g/mol. The zero-order valence-corrected chi connectivity index (χ0v) is 12.6. The fourth-order valence-electron chi connectivity index (χ4n) is 2.25. The lowest BCUT2D eigenvalue weighted by atomic mass is 10.1. The molecular weight excluding hydrogens is 276 g/mol. The lowest BCUT2D eigenvalue weighted by molar-refractivity contribution is -0.0769. The van der Waals surface area contributed by atoms with E-state index >= 15 is 0 Å². The molecule has 2 aliphatic heterocycles. The largest absolute Gasteiger partial charge is 0.379 e. The first-order valence-electron chi connectivity index (χ1n) is 6.70. The van der Waals surface area contributed by atoms with Gasteiger partial charge in [-0.15, -0.1) is 5.10 Å². The van der Waals surface area contributed by atoms with Crippen molar-refractivity contribution in [2.45, 2.75) is 19.4 Å². The fraction of sp³-hybridized carbons (Fsp3) is 0.667. The Balaban J connectivity index is 1.80. The molecule has 0 radical (unpaired) electrons. The second kappa shape index (κ2) is 5.36. The van der Waals surface area contributed by atoms with Crippen molar-refractivity contribution in [2.24, 2.45) is 10.8 Å². The maximum atomic E-state index is 6.16. The molecular formula is C12H20N6OS. The highest BCUT2D eigenvalue weighted by atomic mass is 32.2. The molecule has 0 unspecified atom stereocenters. The maximum absolute atomic E-state index is 6.16. The SMILES string of the molecule is CC(C)(N)c1nccn1C1=NN(N2CCOCC2)CS1. The third-order valence-corrected chi connectivity index (χ3v) is 4.14. The summed E-state index contributed by atoms with van der Waals surface area (Å²) in [5.74, 6) is 1.64. The highest BCUT2D eigenvalue weighted by Crippen LogP contribution is 2.24. The van der Waals surface area contributed by atoms with Gasteiger partial charge in [0, 0.05) is 25.5 Å². The summed E-state index contributed by atoms with van der Waals surface area (Å²) >= 11 is 1.69. The van der Waals surface area contributed by atoms with E-state index in [4.69, 9.17) is 10.5 Å². The second-order valence-corrected chi connectivity index (χ2v) is 6.35. The Morgan fingerprint density at radius 1 is 1.35 bits per heavy atom. The Hall–Kier alpha value is -1.09. The van der Waals surface area contributed by atoms with Crippen molar-refractivity contribution in [1.82, 2.24) is 19.7 Å². The van der Waals surface area contributed by atoms with Crippen molar-refractivity contribution >= 4 is 16.9 Å². The molecule has 1 aromatic rings. The van der Waals surface area contributed by atoms with Crippen LogP contribution in [0.1, 0.15) is 19.7 Å². The van der Waals surface area contributed by atoms with Gasteiger partial charge in [-0.2, -0.15) is 5.01 Å². The van der Waals surface area contributed by atoms with Crippen LogP contribution in [0.2, 0.25) is 0 Å². The van der Waals surface area contributed by atoms with Crippen LogP contribution in [-0.4, -0.2) is 57.0 Å². The standard InChI is InChI=1S/C12H20N6OS/c1-12(2,13)10-14-3-4-17(10)11-15-18(9-20-11)16-5-7-19-8-6-16/h3-4H,5-9,13H2,1-2H3. The summed E-state index contributed by atoms with van der Waals surface area (Å²) in [4.78, 5) is 4.36. The number of imidazole rings is 1. The predicted molar refractivity (Wildman–Crippen MR) is 79.0 cm³/mol. The first-order valence-corrected chi connectivity index (χ1v) is 7.69. The Morgan fingerprint density at radius 3 is 2.80 bits per heavy atom. The van der Waals surface area contributed by atoms with Crippen LogP contribution >= 0.6 is 11.8 Å². The summed E-state index contributed by atoms with van der Waals surface area (Å²) in [6.45, 7) is 7.20. The molecule has 0 aromatic carbocycles. The van der Waals surface area contributed by atoms with Gasteiger partial charge in [0.05, 0.1) is 18.8 Å². The molecule has 3 heterocycles. The van der Waals surface area contributed by atoms with E-state index < -0.39 is 5.54 Å². The molecule has 0 amide bonds. The monoisotopic (exact) mass is 296 g/mol. The van der Waals surface area contributed by atoms with Crippen LogP contribution < -0.4 is 5.73 Å². The number of thioether (sulfide) groups is 1. The number of nitrogens with two attached hydrogens (primary N) is 1. The molecule has 1 fully saturated rings. The number of nitrogens with zero attached hydrogens (tertiary/aromatic N) is 5. The number of hydrazine groups is 1. The molecule has 2 aliphatic rings. The van der Waals surface area contributed by atoms with E-state index in [1.165, 1.54) is 0 Å². The Kier molecular flexibility index (Phi) is 3.72. The third kappa shape index (κ3) is 2.69. The van der Waals surface area contributed by atoms with E-state index in [1.54, 1.807) is 18.0 Å². The zero-order chi connectivity index (χ0) is 14.2. The van der Waals surface area contributed by atoms with Crippen LogP contribution in [0.5, 0.6) is 0 Å². The van der Waals surface area contributed by atoms with Crippen molar-refractivity contribution in [3.8, 4) is 0 Å². The van der Waals surface area contributed by atoms with Gasteiger partial charge >= 0.3 is 0 Å². The minimum absolute atomic E-state index is 0.487. The van der Waals surface area contributed by atoms with Crippen LogP contribution in [0.25, 0.3) is 0 Å². The lowest BCUT2D eigenvalue weighted by Gasteiger charge is -2.32. The van der Waals surface area contributed by atoms with E-state index in [0.29, 0.717) is 0 Å². The lowest BCUT2D eigenvalue weighted by Crippen LogP contribution is -2.45. The number of hydrogen-bond donors (Lipinski definition) is 1. The molecule has 0 bridgehead atoms. The smallest absolute Gasteiger partial charge is 0.196 e. The van der Waals surface area contributed by atoms with Gasteiger partial charge in [0.25, 0.3) is 0 Å². The number of ether oxygens (including phenoxy) is 1. The van der Waals surface area contributed by atoms with Crippen molar-refractivity contribution in [3.05, 3.63) is 18.2 Å². The molecule has 1 aromatic heterocycles. The number of hydrogen-bond acceptors (Lipinski definition) is 7. The third-order valence-electron chi connectivity index (χ3n) is 3.25. The summed E-state index contributed by atoms with van der Waals surface area (Å²) in [5, 5.41) is 9.82. The van der Waals surface area contributed by atoms with Crippen LogP contribution in [0.3, 0.4) is 0 Å². The molecule has 2 N–H and O–H groups in total. The fourth-order valence-corrected chi connectivity index (χ4v) is 3.14. The van der Waals surface area contributed by atoms with Gasteiger partial charge in [-0.25, -0.2) is 10.1 Å². The van der Waals surface area contributed by atoms with Gasteiger partial charge in [0.1, 0.15) is 11.7 Å². The van der Waals surface area contributed by atoms with Crippen molar-refractivity contribution in [2.75, 3.05) is 32.2 Å². The van der Waals surface area contributed by atoms with Crippen molar-refractivity contribution < 1.29 is 4.74 Å². The van der Waals surface area contributed by atoms with Crippen molar-refractivity contribution in [1.29, 1.82) is 0 Å². The predicted octanol–water partition coefficient (Wildman–Crippen LogP) is 0.450. The van der Waals surface area contributed by atoms with E-state index in [9.17, 15) is 0 Å². The van der Waals surface area contributed by atoms with E-state index in [0.717, 1.165) is 43.2 Å². The van der Waals surface area contributed by atoms with Gasteiger partial charge in [-0.1, -0.05) is 11.8 Å². The summed E-state index contributed by atoms with van der Waals surface area (Å²) in [5.41, 5.74) is 5.67. The molecule has 0 aliphatic carbocycles. The highest BCUT2D eigenvalue weighted by Gasteiger charge is 2.28. The minimum Gasteiger partial charge on any atom is -0.379 e. The van der Waals surface area contributed by atoms with E-state index in [-0.39, 0.29) is 0 Å². The van der Waals surface area contributed by atoms with E-state index in [1.807, 2.05) is 29.7 Å². The topological polar surface area (TPSA) is 71.9 Å². The maximum Gasteiger partial charge on any atom is 0.196 e. The van der Waals surface area contributed by atoms with Crippen LogP contribution in [-0.2, 0) is 10.3 Å².